The van der Waals surface area contributed by atoms with Crippen LogP contribution in [0.15, 0.2) is 24.3 Å². The molecule has 2 aromatic rings. The van der Waals surface area contributed by atoms with Gasteiger partial charge in [-0.1, -0.05) is 0 Å². The van der Waals surface area contributed by atoms with Crippen LogP contribution in [0.2, 0.25) is 0 Å². The Kier molecular flexibility index (Phi) is 4.79. The van der Waals surface area contributed by atoms with Gasteiger partial charge in [-0.15, -0.1) is 0 Å². The number of aromatic nitrogens is 2. The van der Waals surface area contributed by atoms with Crippen molar-refractivity contribution in [3.05, 3.63) is 30.0 Å². The van der Waals surface area contributed by atoms with Gasteiger partial charge in [-0.3, -0.25) is 9.89 Å². The van der Waals surface area contributed by atoms with E-state index in [0.29, 0.717) is 24.0 Å². The standard InChI is InChI=1S/C19H23N3O4/c1-24-15-7-12(8-16(11-15)26-19-3-2-6-25-19)17-9-14(21-22-17)10-18(23)20-13-4-5-13/h7-9,11,13,19H,2-6,10H2,1H3,(H,20,23)(H,21,22). The van der Waals surface area contributed by atoms with Crippen molar-refractivity contribution < 1.29 is 19.0 Å². The van der Waals surface area contributed by atoms with Gasteiger partial charge in [-0.2, -0.15) is 5.10 Å². The highest BCUT2D eigenvalue weighted by atomic mass is 16.7. The third kappa shape index (κ3) is 4.16. The Morgan fingerprint density at radius 2 is 2.12 bits per heavy atom. The molecule has 1 amide bonds. The van der Waals surface area contributed by atoms with Crippen molar-refractivity contribution in [2.75, 3.05) is 13.7 Å². The molecule has 1 aliphatic heterocycles. The number of nitrogens with one attached hydrogen (secondary N) is 2. The molecule has 1 saturated carbocycles. The number of hydrogen-bond donors (Lipinski definition) is 2. The molecular formula is C19H23N3O4. The number of ether oxygens (including phenoxy) is 3. The minimum absolute atomic E-state index is 0.0238. The minimum atomic E-state index is -0.212. The number of carbonyl (C=O) groups is 1. The van der Waals surface area contributed by atoms with E-state index in [1.165, 1.54) is 0 Å². The Morgan fingerprint density at radius 3 is 2.85 bits per heavy atom. The smallest absolute Gasteiger partial charge is 0.226 e. The number of hydrogen-bond acceptors (Lipinski definition) is 5. The van der Waals surface area contributed by atoms with Gasteiger partial charge in [0.05, 0.1) is 25.8 Å². The van der Waals surface area contributed by atoms with Gasteiger partial charge in [0.2, 0.25) is 5.91 Å². The van der Waals surface area contributed by atoms with Gasteiger partial charge in [0.1, 0.15) is 11.5 Å². The van der Waals surface area contributed by atoms with E-state index in [1.807, 2.05) is 24.3 Å². The second-order valence-corrected chi connectivity index (χ2v) is 6.75. The summed E-state index contributed by atoms with van der Waals surface area (Å²) in [7, 11) is 1.62. The van der Waals surface area contributed by atoms with E-state index in [4.69, 9.17) is 14.2 Å². The van der Waals surface area contributed by atoms with Gasteiger partial charge in [0, 0.05) is 29.8 Å². The van der Waals surface area contributed by atoms with E-state index in [2.05, 4.69) is 15.5 Å². The molecule has 7 heteroatoms. The van der Waals surface area contributed by atoms with E-state index >= 15 is 0 Å². The van der Waals surface area contributed by atoms with Crippen LogP contribution in [0, 0.1) is 0 Å². The zero-order valence-corrected chi connectivity index (χ0v) is 14.8. The van der Waals surface area contributed by atoms with Crippen LogP contribution in [0.5, 0.6) is 11.5 Å². The molecule has 2 N–H and O–H groups in total. The quantitative estimate of drug-likeness (QED) is 0.795. The number of nitrogens with zero attached hydrogens (tertiary/aromatic N) is 1. The maximum absolute atomic E-state index is 11.9. The Labute approximate surface area is 152 Å². The maximum Gasteiger partial charge on any atom is 0.226 e. The summed E-state index contributed by atoms with van der Waals surface area (Å²) in [5.41, 5.74) is 2.39. The molecule has 138 valence electrons. The molecule has 4 rings (SSSR count). The Morgan fingerprint density at radius 1 is 1.27 bits per heavy atom. The Balaban J connectivity index is 1.49. The van der Waals surface area contributed by atoms with Gasteiger partial charge < -0.3 is 19.5 Å². The first-order valence-corrected chi connectivity index (χ1v) is 9.01. The molecule has 1 aromatic heterocycles. The number of methoxy groups -OCH3 is 1. The molecular weight excluding hydrogens is 334 g/mol. The van der Waals surface area contributed by atoms with Crippen LogP contribution in [0.25, 0.3) is 11.3 Å². The van der Waals surface area contributed by atoms with Gasteiger partial charge in [0.15, 0.2) is 6.29 Å². The van der Waals surface area contributed by atoms with E-state index in [9.17, 15) is 4.79 Å². The lowest BCUT2D eigenvalue weighted by molar-refractivity contribution is -0.120. The normalized spacial score (nSPS) is 19.3. The third-order valence-electron chi connectivity index (χ3n) is 4.49. The first-order valence-electron chi connectivity index (χ1n) is 9.01. The molecule has 0 radical (unpaired) electrons. The highest BCUT2D eigenvalue weighted by Gasteiger charge is 2.23. The SMILES string of the molecule is COc1cc(OC2CCCO2)cc(-c2cc(CC(=O)NC3CC3)[nH]n2)c1. The van der Waals surface area contributed by atoms with Crippen LogP contribution in [0.1, 0.15) is 31.4 Å². The van der Waals surface area contributed by atoms with Crippen LogP contribution < -0.4 is 14.8 Å². The van der Waals surface area contributed by atoms with Crippen LogP contribution in [-0.2, 0) is 16.0 Å². The lowest BCUT2D eigenvalue weighted by Crippen LogP contribution is -2.27. The average molecular weight is 357 g/mol. The average Bonchev–Trinajstić information content (AvgIpc) is 3.09. The summed E-state index contributed by atoms with van der Waals surface area (Å²) in [6.07, 6.45) is 4.14. The van der Waals surface area contributed by atoms with Gasteiger partial charge in [-0.25, -0.2) is 0 Å². The summed E-state index contributed by atoms with van der Waals surface area (Å²) >= 11 is 0. The largest absolute Gasteiger partial charge is 0.497 e. The van der Waals surface area contributed by atoms with Crippen LogP contribution >= 0.6 is 0 Å². The van der Waals surface area contributed by atoms with Gasteiger partial charge in [0.25, 0.3) is 0 Å². The van der Waals surface area contributed by atoms with E-state index < -0.39 is 0 Å². The van der Waals surface area contributed by atoms with Crippen LogP contribution in [-0.4, -0.2) is 42.2 Å². The summed E-state index contributed by atoms with van der Waals surface area (Å²) in [5, 5.41) is 10.3. The van der Waals surface area contributed by atoms with Crippen molar-refractivity contribution in [2.45, 2.75) is 44.4 Å². The van der Waals surface area contributed by atoms with Crippen molar-refractivity contribution in [3.63, 3.8) is 0 Å². The van der Waals surface area contributed by atoms with Gasteiger partial charge in [-0.05, 0) is 37.5 Å². The van der Waals surface area contributed by atoms with Crippen molar-refractivity contribution >= 4 is 5.91 Å². The van der Waals surface area contributed by atoms with Crippen LogP contribution in [0.4, 0.5) is 0 Å². The van der Waals surface area contributed by atoms with Crippen LogP contribution in [0.3, 0.4) is 0 Å². The van der Waals surface area contributed by atoms with Crippen molar-refractivity contribution in [1.82, 2.24) is 15.5 Å². The molecule has 1 aromatic carbocycles. The van der Waals surface area contributed by atoms with E-state index in [-0.39, 0.29) is 12.2 Å². The van der Waals surface area contributed by atoms with Crippen molar-refractivity contribution in [2.24, 2.45) is 0 Å². The third-order valence-corrected chi connectivity index (χ3v) is 4.49. The lowest BCUT2D eigenvalue weighted by atomic mass is 10.1. The first kappa shape index (κ1) is 16.9. The topological polar surface area (TPSA) is 85.5 Å². The van der Waals surface area contributed by atoms with E-state index in [1.54, 1.807) is 7.11 Å². The highest BCUT2D eigenvalue weighted by Crippen LogP contribution is 2.31. The molecule has 7 nitrogen and oxygen atoms in total. The number of amides is 1. The zero-order chi connectivity index (χ0) is 17.9. The maximum atomic E-state index is 11.9. The molecule has 0 spiro atoms. The molecule has 2 aliphatic rings. The molecule has 1 atom stereocenters. The number of rotatable bonds is 7. The van der Waals surface area contributed by atoms with Crippen molar-refractivity contribution in [1.29, 1.82) is 0 Å². The molecule has 1 saturated heterocycles. The monoisotopic (exact) mass is 357 g/mol. The molecule has 0 bridgehead atoms. The summed E-state index contributed by atoms with van der Waals surface area (Å²) in [6.45, 7) is 0.729. The van der Waals surface area contributed by atoms with Crippen molar-refractivity contribution in [3.8, 4) is 22.8 Å². The molecule has 2 heterocycles. The summed E-state index contributed by atoms with van der Waals surface area (Å²) < 4.78 is 16.8. The molecule has 1 aliphatic carbocycles. The minimum Gasteiger partial charge on any atom is -0.497 e. The second-order valence-electron chi connectivity index (χ2n) is 6.75. The number of carbonyl (C=O) groups excluding carboxylic acids is 1. The number of H-pyrrole nitrogens is 1. The molecule has 26 heavy (non-hydrogen) atoms. The second kappa shape index (κ2) is 7.37. The molecule has 2 fully saturated rings. The molecule has 1 unspecified atom stereocenters. The fraction of sp³-hybridized carbons (Fsp3) is 0.474. The number of benzene rings is 1. The number of aromatic amines is 1. The summed E-state index contributed by atoms with van der Waals surface area (Å²) in [5.74, 6) is 1.39. The highest BCUT2D eigenvalue weighted by molar-refractivity contribution is 5.79. The fourth-order valence-corrected chi connectivity index (χ4v) is 2.98. The first-order chi connectivity index (χ1) is 12.7. The lowest BCUT2D eigenvalue weighted by Gasteiger charge is -2.14. The summed E-state index contributed by atoms with van der Waals surface area (Å²) in [6, 6.07) is 7.89. The summed E-state index contributed by atoms with van der Waals surface area (Å²) in [4.78, 5) is 11.9. The van der Waals surface area contributed by atoms with E-state index in [0.717, 1.165) is 49.2 Å². The fourth-order valence-electron chi connectivity index (χ4n) is 2.98. The predicted molar refractivity (Wildman–Crippen MR) is 95.0 cm³/mol. The zero-order valence-electron chi connectivity index (χ0n) is 14.8. The Hall–Kier alpha value is -2.54. The predicted octanol–water partition coefficient (Wildman–Crippen LogP) is 2.42. The Bertz CT molecular complexity index is 779. The van der Waals surface area contributed by atoms with Gasteiger partial charge >= 0.3 is 0 Å².